The minimum absolute atomic E-state index is 0.207. The second-order valence-electron chi connectivity index (χ2n) is 5.84. The second kappa shape index (κ2) is 5.64. The summed E-state index contributed by atoms with van der Waals surface area (Å²) in [4.78, 5) is 0. The Morgan fingerprint density at radius 2 is 1.73 bits per heavy atom. The van der Waals surface area contributed by atoms with E-state index in [4.69, 9.17) is 4.43 Å². The van der Waals surface area contributed by atoms with Crippen LogP contribution in [0.4, 0.5) is 0 Å². The molecule has 0 aromatic heterocycles. The molecule has 0 spiro atoms. The maximum absolute atomic E-state index is 6.59. The molecule has 3 heteroatoms. The fraction of sp³-hybridized carbons (Fsp3) is 1.00. The molecule has 0 fully saturated rings. The van der Waals surface area contributed by atoms with E-state index < -0.39 is 17.1 Å². The summed E-state index contributed by atoms with van der Waals surface area (Å²) in [6.45, 7) is 18.8. The summed E-state index contributed by atoms with van der Waals surface area (Å²) in [5, 5.41) is 0.207. The molecule has 0 amide bonds. The van der Waals surface area contributed by atoms with Gasteiger partial charge in [0.25, 0.3) is 0 Å². The van der Waals surface area contributed by atoms with Crippen LogP contribution in [0.1, 0.15) is 40.5 Å². The van der Waals surface area contributed by atoms with Crippen LogP contribution >= 0.6 is 0 Å². The van der Waals surface area contributed by atoms with Gasteiger partial charge in [-0.15, -0.1) is 0 Å². The fourth-order valence-corrected chi connectivity index (χ4v) is 6.99. The first-order valence-corrected chi connectivity index (χ1v) is 12.3. The molecule has 0 aliphatic carbocycles. The Labute approximate surface area is 99.3 Å². The molecular weight excluding hydrogens is 216 g/mol. The maximum atomic E-state index is 6.59. The van der Waals surface area contributed by atoms with E-state index in [1.807, 2.05) is 0 Å². The SMILES string of the molecule is CC[C@@H](C)[Si](C)(C)O[C@](C)(CC)[SiH](C)C. The molecular formula is C12H30OSi2. The molecule has 0 bridgehead atoms. The summed E-state index contributed by atoms with van der Waals surface area (Å²) in [5.41, 5.74) is 0.760. The standard InChI is InChI=1S/C12H30OSi2/c1-9-11(3)15(7,8)13-12(4,10-2)14(5)6/h11,14H,9-10H2,1-8H3/t11-,12+/m1/s1. The van der Waals surface area contributed by atoms with Crippen molar-refractivity contribution in [1.29, 1.82) is 0 Å². The van der Waals surface area contributed by atoms with Gasteiger partial charge in [0, 0.05) is 5.22 Å². The Morgan fingerprint density at radius 3 is 2.00 bits per heavy atom. The van der Waals surface area contributed by atoms with Crippen LogP contribution in [0.5, 0.6) is 0 Å². The van der Waals surface area contributed by atoms with Crippen molar-refractivity contribution in [3.05, 3.63) is 0 Å². The molecule has 1 nitrogen and oxygen atoms in total. The van der Waals surface area contributed by atoms with Crippen LogP contribution in [0.25, 0.3) is 0 Å². The molecule has 0 heterocycles. The van der Waals surface area contributed by atoms with Crippen molar-refractivity contribution in [2.75, 3.05) is 0 Å². The van der Waals surface area contributed by atoms with Crippen molar-refractivity contribution in [1.82, 2.24) is 0 Å². The zero-order chi connectivity index (χ0) is 12.3. The third kappa shape index (κ3) is 4.04. The molecule has 0 saturated carbocycles. The van der Waals surface area contributed by atoms with Crippen LogP contribution in [-0.2, 0) is 4.43 Å². The van der Waals surface area contributed by atoms with Crippen LogP contribution in [0.3, 0.4) is 0 Å². The van der Waals surface area contributed by atoms with Crippen LogP contribution in [0.2, 0.25) is 31.7 Å². The highest BCUT2D eigenvalue weighted by atomic mass is 28.4. The van der Waals surface area contributed by atoms with E-state index in [0.29, 0.717) is 0 Å². The van der Waals surface area contributed by atoms with Gasteiger partial charge < -0.3 is 4.43 Å². The largest absolute Gasteiger partial charge is 0.415 e. The van der Waals surface area contributed by atoms with Crippen LogP contribution < -0.4 is 0 Å². The zero-order valence-corrected chi connectivity index (χ0v) is 14.1. The van der Waals surface area contributed by atoms with E-state index in [2.05, 4.69) is 53.9 Å². The van der Waals surface area contributed by atoms with Gasteiger partial charge in [0.15, 0.2) is 8.32 Å². The molecule has 0 radical (unpaired) electrons. The Kier molecular flexibility index (Phi) is 5.79. The number of hydrogen-bond donors (Lipinski definition) is 0. The van der Waals surface area contributed by atoms with Gasteiger partial charge in [0.05, 0.1) is 8.80 Å². The highest BCUT2D eigenvalue weighted by molar-refractivity contribution is 6.74. The predicted octanol–water partition coefficient (Wildman–Crippen LogP) is 4.20. The van der Waals surface area contributed by atoms with Crippen molar-refractivity contribution < 1.29 is 4.43 Å². The lowest BCUT2D eigenvalue weighted by Gasteiger charge is -2.42. The van der Waals surface area contributed by atoms with Crippen molar-refractivity contribution in [2.45, 2.75) is 77.5 Å². The topological polar surface area (TPSA) is 9.23 Å². The predicted molar refractivity (Wildman–Crippen MR) is 75.9 cm³/mol. The molecule has 92 valence electrons. The summed E-state index contributed by atoms with van der Waals surface area (Å²) in [7, 11) is -2.23. The third-order valence-electron chi connectivity index (χ3n) is 4.22. The highest BCUT2D eigenvalue weighted by Gasteiger charge is 2.38. The Morgan fingerprint density at radius 1 is 1.27 bits per heavy atom. The van der Waals surface area contributed by atoms with E-state index in [0.717, 1.165) is 5.54 Å². The summed E-state index contributed by atoms with van der Waals surface area (Å²) in [6, 6.07) is 0. The molecule has 0 aromatic rings. The van der Waals surface area contributed by atoms with Crippen molar-refractivity contribution in [3.63, 3.8) is 0 Å². The Bertz CT molecular complexity index is 192. The molecule has 0 aliphatic rings. The lowest BCUT2D eigenvalue weighted by Crippen LogP contribution is -2.51. The lowest BCUT2D eigenvalue weighted by atomic mass is 10.3. The highest BCUT2D eigenvalue weighted by Crippen LogP contribution is 2.32. The molecule has 2 atom stereocenters. The lowest BCUT2D eigenvalue weighted by molar-refractivity contribution is 0.150. The Balaban J connectivity index is 4.67. The van der Waals surface area contributed by atoms with E-state index >= 15 is 0 Å². The first-order valence-electron chi connectivity index (χ1n) is 6.39. The van der Waals surface area contributed by atoms with Crippen molar-refractivity contribution in [2.24, 2.45) is 0 Å². The molecule has 0 unspecified atom stereocenters. The van der Waals surface area contributed by atoms with E-state index in [-0.39, 0.29) is 5.22 Å². The van der Waals surface area contributed by atoms with Crippen LogP contribution in [0.15, 0.2) is 0 Å². The molecule has 0 saturated heterocycles. The average molecular weight is 247 g/mol. The summed E-state index contributed by atoms with van der Waals surface area (Å²) < 4.78 is 6.59. The summed E-state index contributed by atoms with van der Waals surface area (Å²) in [5.74, 6) is 0. The molecule has 0 N–H and O–H groups in total. The molecule has 0 aromatic carbocycles. The zero-order valence-electron chi connectivity index (χ0n) is 12.0. The summed E-state index contributed by atoms with van der Waals surface area (Å²) in [6.07, 6.45) is 2.42. The van der Waals surface area contributed by atoms with Crippen molar-refractivity contribution in [3.8, 4) is 0 Å². The van der Waals surface area contributed by atoms with Gasteiger partial charge in [-0.1, -0.05) is 40.3 Å². The first-order chi connectivity index (χ1) is 6.69. The van der Waals surface area contributed by atoms with Crippen molar-refractivity contribution >= 4 is 17.1 Å². The molecule has 0 rings (SSSR count). The third-order valence-corrected chi connectivity index (χ3v) is 11.2. The number of hydrogen-bond acceptors (Lipinski definition) is 1. The van der Waals surface area contributed by atoms with E-state index in [1.54, 1.807) is 0 Å². The first kappa shape index (κ1) is 15.4. The summed E-state index contributed by atoms with van der Waals surface area (Å²) >= 11 is 0. The quantitative estimate of drug-likeness (QED) is 0.638. The van der Waals surface area contributed by atoms with Gasteiger partial charge >= 0.3 is 0 Å². The number of rotatable bonds is 6. The smallest absolute Gasteiger partial charge is 0.189 e. The monoisotopic (exact) mass is 246 g/mol. The molecule has 0 aliphatic heterocycles. The molecule has 15 heavy (non-hydrogen) atoms. The van der Waals surface area contributed by atoms with Gasteiger partial charge in [-0.25, -0.2) is 0 Å². The maximum Gasteiger partial charge on any atom is 0.189 e. The van der Waals surface area contributed by atoms with Gasteiger partial charge in [-0.3, -0.25) is 0 Å². The minimum Gasteiger partial charge on any atom is -0.415 e. The van der Waals surface area contributed by atoms with Crippen LogP contribution in [-0.4, -0.2) is 22.3 Å². The average Bonchev–Trinajstić information content (AvgIpc) is 2.15. The van der Waals surface area contributed by atoms with Crippen LogP contribution in [0, 0.1) is 0 Å². The normalized spacial score (nSPS) is 19.0. The minimum atomic E-state index is -1.49. The van der Waals surface area contributed by atoms with Gasteiger partial charge in [0.2, 0.25) is 0 Å². The van der Waals surface area contributed by atoms with Gasteiger partial charge in [-0.2, -0.15) is 0 Å². The van der Waals surface area contributed by atoms with Gasteiger partial charge in [-0.05, 0) is 32.0 Å². The fourth-order valence-electron chi connectivity index (χ4n) is 1.79. The van der Waals surface area contributed by atoms with E-state index in [1.165, 1.54) is 12.8 Å². The second-order valence-corrected chi connectivity index (χ2v) is 13.8. The Hall–Kier alpha value is 0.394. The van der Waals surface area contributed by atoms with Gasteiger partial charge in [0.1, 0.15) is 0 Å². The van der Waals surface area contributed by atoms with E-state index in [9.17, 15) is 0 Å².